The van der Waals surface area contributed by atoms with E-state index in [0.29, 0.717) is 19.3 Å². The van der Waals surface area contributed by atoms with Crippen LogP contribution in [0.15, 0.2) is 85.1 Å². The highest BCUT2D eigenvalue weighted by Crippen LogP contribution is 2.17. The van der Waals surface area contributed by atoms with Crippen molar-refractivity contribution >= 4 is 17.9 Å². The van der Waals surface area contributed by atoms with Crippen molar-refractivity contribution in [3.05, 3.63) is 85.1 Å². The van der Waals surface area contributed by atoms with E-state index in [2.05, 4.69) is 106 Å². The molecule has 0 radical (unpaired) electrons. The minimum Gasteiger partial charge on any atom is -0.462 e. The number of carbonyl (C=O) groups excluding carboxylic acids is 3. The van der Waals surface area contributed by atoms with Gasteiger partial charge in [-0.3, -0.25) is 14.4 Å². The largest absolute Gasteiger partial charge is 0.462 e. The number of rotatable bonds is 59. The van der Waals surface area contributed by atoms with E-state index >= 15 is 0 Å². The Morgan fingerprint density at radius 1 is 0.276 bits per heavy atom. The molecule has 0 aliphatic heterocycles. The summed E-state index contributed by atoms with van der Waals surface area (Å²) in [4.78, 5) is 37.9. The summed E-state index contributed by atoms with van der Waals surface area (Å²) in [6, 6.07) is 0. The molecule has 76 heavy (non-hydrogen) atoms. The van der Waals surface area contributed by atoms with Crippen molar-refractivity contribution in [2.75, 3.05) is 13.2 Å². The molecule has 0 amide bonds. The Kier molecular flexibility index (Phi) is 61.2. The van der Waals surface area contributed by atoms with Crippen LogP contribution in [0.1, 0.15) is 323 Å². The van der Waals surface area contributed by atoms with Crippen LogP contribution in [0.25, 0.3) is 0 Å². The first-order valence-corrected chi connectivity index (χ1v) is 32.6. The van der Waals surface area contributed by atoms with Crippen LogP contribution < -0.4 is 0 Å². The van der Waals surface area contributed by atoms with E-state index < -0.39 is 6.10 Å². The molecule has 0 N–H and O–H groups in total. The summed E-state index contributed by atoms with van der Waals surface area (Å²) >= 11 is 0. The zero-order chi connectivity index (χ0) is 55.0. The van der Waals surface area contributed by atoms with Gasteiger partial charge in [-0.25, -0.2) is 0 Å². The van der Waals surface area contributed by atoms with Gasteiger partial charge in [-0.2, -0.15) is 0 Å². The topological polar surface area (TPSA) is 78.9 Å². The van der Waals surface area contributed by atoms with Crippen molar-refractivity contribution in [3.63, 3.8) is 0 Å². The van der Waals surface area contributed by atoms with Crippen LogP contribution in [0.2, 0.25) is 0 Å². The second-order valence-electron chi connectivity index (χ2n) is 21.7. The molecule has 0 aromatic rings. The summed E-state index contributed by atoms with van der Waals surface area (Å²) in [5.74, 6) is -0.903. The number of carbonyl (C=O) groups is 3. The van der Waals surface area contributed by atoms with E-state index in [9.17, 15) is 14.4 Å². The number of hydrogen-bond acceptors (Lipinski definition) is 6. The quantitative estimate of drug-likeness (QED) is 0.0261. The average Bonchev–Trinajstić information content (AvgIpc) is 3.42. The molecule has 0 aromatic heterocycles. The summed E-state index contributed by atoms with van der Waals surface area (Å²) in [5, 5.41) is 0. The van der Waals surface area contributed by atoms with Crippen LogP contribution in [-0.4, -0.2) is 37.2 Å². The standard InChI is InChI=1S/C70H122O6/c1-4-7-10-13-15-17-19-21-23-25-27-29-31-33-35-37-38-40-42-44-46-48-50-52-54-57-60-63-69(72)75-66-67(65-74-68(71)62-59-56-12-9-6-3)76-70(73)64-61-58-55-53-51-49-47-45-43-41-39-36-34-32-30-28-26-24-22-20-18-16-14-11-8-5-2/h7,10,15,17,21,23,27,29,33,35,38,40,44,46,67H,4-6,8-9,11-14,16,18-20,22,24-26,28,30-32,34,36-37,39,41-43,45,47-66H2,1-3H3/b10-7-,17-15-,23-21-,29-27-,35-33-,40-38-,46-44-. The maximum Gasteiger partial charge on any atom is 0.306 e. The molecule has 0 spiro atoms. The van der Waals surface area contributed by atoms with Gasteiger partial charge in [-0.1, -0.05) is 311 Å². The van der Waals surface area contributed by atoms with Crippen LogP contribution in [0.4, 0.5) is 0 Å². The maximum absolute atomic E-state index is 12.8. The van der Waals surface area contributed by atoms with Crippen LogP contribution in [-0.2, 0) is 28.6 Å². The number of hydrogen-bond donors (Lipinski definition) is 0. The van der Waals surface area contributed by atoms with Crippen molar-refractivity contribution < 1.29 is 28.6 Å². The molecule has 0 saturated heterocycles. The van der Waals surface area contributed by atoms with E-state index in [0.717, 1.165) is 128 Å². The number of ether oxygens (including phenoxy) is 3. The van der Waals surface area contributed by atoms with E-state index in [4.69, 9.17) is 14.2 Å². The van der Waals surface area contributed by atoms with Gasteiger partial charge in [0.15, 0.2) is 6.10 Å². The molecule has 0 bridgehead atoms. The van der Waals surface area contributed by atoms with Gasteiger partial charge in [0.1, 0.15) is 13.2 Å². The lowest BCUT2D eigenvalue weighted by Crippen LogP contribution is -2.30. The highest BCUT2D eigenvalue weighted by Gasteiger charge is 2.19. The predicted octanol–water partition coefficient (Wildman–Crippen LogP) is 22.3. The molecule has 1 unspecified atom stereocenters. The molecular formula is C70H122O6. The van der Waals surface area contributed by atoms with Gasteiger partial charge in [0.05, 0.1) is 0 Å². The second-order valence-corrected chi connectivity index (χ2v) is 21.7. The third-order valence-electron chi connectivity index (χ3n) is 14.2. The number of allylic oxidation sites excluding steroid dienone is 14. The lowest BCUT2D eigenvalue weighted by Gasteiger charge is -2.18. The van der Waals surface area contributed by atoms with Gasteiger partial charge in [-0.15, -0.1) is 0 Å². The summed E-state index contributed by atoms with van der Waals surface area (Å²) in [7, 11) is 0. The van der Waals surface area contributed by atoms with Gasteiger partial charge in [0.2, 0.25) is 0 Å². The third kappa shape index (κ3) is 61.4. The van der Waals surface area contributed by atoms with E-state index in [-0.39, 0.29) is 31.1 Å². The van der Waals surface area contributed by atoms with Crippen molar-refractivity contribution in [2.24, 2.45) is 0 Å². The lowest BCUT2D eigenvalue weighted by atomic mass is 10.0. The zero-order valence-electron chi connectivity index (χ0n) is 50.3. The van der Waals surface area contributed by atoms with Crippen LogP contribution in [0.5, 0.6) is 0 Å². The number of esters is 3. The third-order valence-corrected chi connectivity index (χ3v) is 14.2. The second kappa shape index (κ2) is 64.1. The Morgan fingerprint density at radius 3 is 0.803 bits per heavy atom. The van der Waals surface area contributed by atoms with Crippen molar-refractivity contribution in [1.29, 1.82) is 0 Å². The first kappa shape index (κ1) is 72.6. The fraction of sp³-hybridized carbons (Fsp3) is 0.757. The smallest absolute Gasteiger partial charge is 0.306 e. The summed E-state index contributed by atoms with van der Waals surface area (Å²) < 4.78 is 16.8. The van der Waals surface area contributed by atoms with Crippen molar-refractivity contribution in [1.82, 2.24) is 0 Å². The molecular weight excluding hydrogens is 937 g/mol. The summed E-state index contributed by atoms with van der Waals surface area (Å²) in [6.45, 7) is 6.46. The molecule has 6 nitrogen and oxygen atoms in total. The molecule has 0 rings (SSSR count). The molecule has 0 fully saturated rings. The molecule has 1 atom stereocenters. The highest BCUT2D eigenvalue weighted by molar-refractivity contribution is 5.71. The van der Waals surface area contributed by atoms with E-state index in [1.54, 1.807) is 0 Å². The molecule has 0 saturated carbocycles. The minimum absolute atomic E-state index is 0.0812. The Balaban J connectivity index is 4.07. The van der Waals surface area contributed by atoms with Gasteiger partial charge < -0.3 is 14.2 Å². The van der Waals surface area contributed by atoms with Crippen molar-refractivity contribution in [3.8, 4) is 0 Å². The first-order valence-electron chi connectivity index (χ1n) is 32.6. The Bertz CT molecular complexity index is 1450. The highest BCUT2D eigenvalue weighted by atomic mass is 16.6. The average molecular weight is 1060 g/mol. The predicted molar refractivity (Wildman–Crippen MR) is 330 cm³/mol. The Labute approximate surface area is 471 Å². The molecule has 0 aliphatic rings. The van der Waals surface area contributed by atoms with E-state index in [1.165, 1.54) is 154 Å². The van der Waals surface area contributed by atoms with Crippen molar-refractivity contribution in [2.45, 2.75) is 329 Å². The monoisotopic (exact) mass is 1060 g/mol. The molecule has 6 heteroatoms. The fourth-order valence-electron chi connectivity index (χ4n) is 9.31. The van der Waals surface area contributed by atoms with Crippen LogP contribution in [0.3, 0.4) is 0 Å². The lowest BCUT2D eigenvalue weighted by molar-refractivity contribution is -0.167. The van der Waals surface area contributed by atoms with Gasteiger partial charge in [0.25, 0.3) is 0 Å². The SMILES string of the molecule is CC/C=C\C/C=C\C/C=C\C/C=C\C/C=C\C/C=C\C/C=C\CCCCCCCC(=O)OCC(COC(=O)CCCCCCC)OC(=O)CCCCCCCCCCCCCCCCCCCCCCCCCCCC. The Hall–Kier alpha value is -3.41. The molecule has 0 aliphatic carbocycles. The molecule has 0 aromatic carbocycles. The van der Waals surface area contributed by atoms with Crippen LogP contribution in [0, 0.1) is 0 Å². The summed E-state index contributed by atoms with van der Waals surface area (Å²) in [5.41, 5.74) is 0. The summed E-state index contributed by atoms with van der Waals surface area (Å²) in [6.07, 6.45) is 85.1. The molecule has 438 valence electrons. The minimum atomic E-state index is -0.781. The molecule has 0 heterocycles. The van der Waals surface area contributed by atoms with Gasteiger partial charge >= 0.3 is 17.9 Å². The zero-order valence-corrected chi connectivity index (χ0v) is 50.3. The maximum atomic E-state index is 12.8. The fourth-order valence-corrected chi connectivity index (χ4v) is 9.31. The van der Waals surface area contributed by atoms with E-state index in [1.807, 2.05) is 0 Å². The normalized spacial score (nSPS) is 12.6. The van der Waals surface area contributed by atoms with Crippen LogP contribution >= 0.6 is 0 Å². The number of unbranched alkanes of at least 4 members (excludes halogenated alkanes) is 34. The van der Waals surface area contributed by atoms with Gasteiger partial charge in [-0.05, 0) is 77.0 Å². The van der Waals surface area contributed by atoms with Gasteiger partial charge in [0, 0.05) is 19.3 Å². The first-order chi connectivity index (χ1) is 37.5. The Morgan fingerprint density at radius 2 is 0.513 bits per heavy atom.